The van der Waals surface area contributed by atoms with Crippen LogP contribution in [0, 0.1) is 10.1 Å². The van der Waals surface area contributed by atoms with Gasteiger partial charge in [-0.05, 0) is 36.1 Å². The molecule has 5 heteroatoms. The van der Waals surface area contributed by atoms with Gasteiger partial charge < -0.3 is 5.11 Å². The molecule has 0 saturated carbocycles. The zero-order chi connectivity index (χ0) is 14.5. The minimum absolute atomic E-state index is 0.0709. The lowest BCUT2D eigenvalue weighted by Gasteiger charge is -2.03. The van der Waals surface area contributed by atoms with Crippen LogP contribution in [0.1, 0.15) is 21.5 Å². The van der Waals surface area contributed by atoms with Gasteiger partial charge in [-0.3, -0.25) is 10.1 Å². The van der Waals surface area contributed by atoms with Gasteiger partial charge in [0.25, 0.3) is 5.69 Å². The molecule has 0 aliphatic heterocycles. The van der Waals surface area contributed by atoms with Crippen LogP contribution in [0.5, 0.6) is 0 Å². The largest absolute Gasteiger partial charge is 0.478 e. The summed E-state index contributed by atoms with van der Waals surface area (Å²) in [6, 6.07) is 13.2. The van der Waals surface area contributed by atoms with E-state index in [-0.39, 0.29) is 11.3 Å². The highest BCUT2D eigenvalue weighted by Gasteiger charge is 2.05. The summed E-state index contributed by atoms with van der Waals surface area (Å²) in [5, 5.41) is 19.5. The van der Waals surface area contributed by atoms with Crippen LogP contribution in [-0.2, 0) is 12.8 Å². The molecule has 102 valence electrons. The van der Waals surface area contributed by atoms with Gasteiger partial charge in [-0.25, -0.2) is 4.79 Å². The molecule has 5 nitrogen and oxygen atoms in total. The summed E-state index contributed by atoms with van der Waals surface area (Å²) in [4.78, 5) is 21.0. The quantitative estimate of drug-likeness (QED) is 0.669. The maximum absolute atomic E-state index is 10.9. The molecule has 0 aliphatic carbocycles. The molecule has 0 radical (unpaired) electrons. The topological polar surface area (TPSA) is 80.4 Å². The number of benzene rings is 2. The average Bonchev–Trinajstić information content (AvgIpc) is 2.46. The lowest BCUT2D eigenvalue weighted by Crippen LogP contribution is -1.98. The van der Waals surface area contributed by atoms with E-state index < -0.39 is 10.9 Å². The maximum atomic E-state index is 10.9. The van der Waals surface area contributed by atoms with Crippen molar-refractivity contribution in [2.75, 3.05) is 0 Å². The summed E-state index contributed by atoms with van der Waals surface area (Å²) in [6.07, 6.45) is 1.40. The van der Waals surface area contributed by atoms with E-state index in [1.807, 2.05) is 6.07 Å². The molecule has 0 atom stereocenters. The van der Waals surface area contributed by atoms with Crippen molar-refractivity contribution in [3.8, 4) is 0 Å². The molecule has 1 N–H and O–H groups in total. The molecule has 2 aromatic rings. The zero-order valence-corrected chi connectivity index (χ0v) is 10.7. The third-order valence-corrected chi connectivity index (χ3v) is 3.02. The smallest absolute Gasteiger partial charge is 0.335 e. The first-order chi connectivity index (χ1) is 9.56. The third kappa shape index (κ3) is 3.41. The van der Waals surface area contributed by atoms with Crippen LogP contribution in [-0.4, -0.2) is 16.0 Å². The van der Waals surface area contributed by atoms with Gasteiger partial charge in [0.15, 0.2) is 0 Å². The van der Waals surface area contributed by atoms with E-state index in [9.17, 15) is 14.9 Å². The Morgan fingerprint density at radius 1 is 1.05 bits per heavy atom. The van der Waals surface area contributed by atoms with Gasteiger partial charge in [0.05, 0.1) is 10.5 Å². The third-order valence-electron chi connectivity index (χ3n) is 3.02. The van der Waals surface area contributed by atoms with Crippen molar-refractivity contribution in [1.82, 2.24) is 0 Å². The lowest BCUT2D eigenvalue weighted by atomic mass is 10.0. The van der Waals surface area contributed by atoms with Gasteiger partial charge >= 0.3 is 5.97 Å². The number of rotatable bonds is 5. The number of aromatic carboxylic acids is 1. The number of nitro groups is 1. The standard InChI is InChI=1S/C15H13NO4/c17-15(18)13-3-1-2-12(10-13)5-4-11-6-8-14(9-7-11)16(19)20/h1-3,6-10H,4-5H2,(H,17,18). The molecule has 0 bridgehead atoms. The predicted octanol–water partition coefficient (Wildman–Crippen LogP) is 3.08. The van der Waals surface area contributed by atoms with Crippen LogP contribution in [0.4, 0.5) is 5.69 Å². The molecule has 20 heavy (non-hydrogen) atoms. The summed E-state index contributed by atoms with van der Waals surface area (Å²) >= 11 is 0. The van der Waals surface area contributed by atoms with Gasteiger partial charge in [0.1, 0.15) is 0 Å². The molecule has 0 amide bonds. The molecular weight excluding hydrogens is 258 g/mol. The first-order valence-electron chi connectivity index (χ1n) is 6.12. The van der Waals surface area contributed by atoms with Crippen LogP contribution < -0.4 is 0 Å². The number of hydrogen-bond donors (Lipinski definition) is 1. The van der Waals surface area contributed by atoms with Crippen molar-refractivity contribution >= 4 is 11.7 Å². The lowest BCUT2D eigenvalue weighted by molar-refractivity contribution is -0.384. The second-order valence-electron chi connectivity index (χ2n) is 4.43. The summed E-state index contributed by atoms with van der Waals surface area (Å²) < 4.78 is 0. The van der Waals surface area contributed by atoms with E-state index in [2.05, 4.69) is 0 Å². The Morgan fingerprint density at radius 3 is 2.30 bits per heavy atom. The van der Waals surface area contributed by atoms with Crippen molar-refractivity contribution in [3.63, 3.8) is 0 Å². The van der Waals surface area contributed by atoms with Gasteiger partial charge in [0.2, 0.25) is 0 Å². The van der Waals surface area contributed by atoms with Crippen LogP contribution in [0.3, 0.4) is 0 Å². The van der Waals surface area contributed by atoms with Gasteiger partial charge in [-0.1, -0.05) is 24.3 Å². The zero-order valence-electron chi connectivity index (χ0n) is 10.7. The highest BCUT2D eigenvalue weighted by atomic mass is 16.6. The Kier molecular flexibility index (Phi) is 4.10. The Morgan fingerprint density at radius 2 is 1.70 bits per heavy atom. The number of non-ortho nitro benzene ring substituents is 1. The molecule has 0 heterocycles. The Hall–Kier alpha value is -2.69. The van der Waals surface area contributed by atoms with Crippen molar-refractivity contribution in [3.05, 3.63) is 75.3 Å². The normalized spacial score (nSPS) is 10.2. The molecule has 0 aromatic heterocycles. The summed E-state index contributed by atoms with van der Waals surface area (Å²) in [5.74, 6) is -0.942. The van der Waals surface area contributed by atoms with Crippen LogP contribution in [0.2, 0.25) is 0 Å². The second kappa shape index (κ2) is 5.97. The first-order valence-corrected chi connectivity index (χ1v) is 6.12. The fourth-order valence-corrected chi connectivity index (χ4v) is 1.93. The molecule has 0 spiro atoms. The van der Waals surface area contributed by atoms with Crippen molar-refractivity contribution < 1.29 is 14.8 Å². The summed E-state index contributed by atoms with van der Waals surface area (Å²) in [7, 11) is 0. The number of nitrogens with zero attached hydrogens (tertiary/aromatic N) is 1. The Balaban J connectivity index is 2.03. The number of carboxylic acids is 1. The highest BCUT2D eigenvalue weighted by molar-refractivity contribution is 5.87. The molecular formula is C15H13NO4. The van der Waals surface area contributed by atoms with Gasteiger partial charge in [-0.15, -0.1) is 0 Å². The van der Waals surface area contributed by atoms with E-state index in [4.69, 9.17) is 5.11 Å². The number of hydrogen-bond acceptors (Lipinski definition) is 3. The number of nitro benzene ring substituents is 1. The van der Waals surface area contributed by atoms with Crippen LogP contribution in [0.15, 0.2) is 48.5 Å². The minimum Gasteiger partial charge on any atom is -0.478 e. The summed E-state index contributed by atoms with van der Waals surface area (Å²) in [5.41, 5.74) is 2.26. The first kappa shape index (κ1) is 13.7. The van der Waals surface area contributed by atoms with Gasteiger partial charge in [0, 0.05) is 12.1 Å². The van der Waals surface area contributed by atoms with Crippen molar-refractivity contribution in [2.24, 2.45) is 0 Å². The van der Waals surface area contributed by atoms with Crippen LogP contribution in [0.25, 0.3) is 0 Å². The van der Waals surface area contributed by atoms with E-state index in [0.29, 0.717) is 12.8 Å². The Bertz CT molecular complexity index is 635. The highest BCUT2D eigenvalue weighted by Crippen LogP contribution is 2.14. The molecule has 2 rings (SSSR count). The molecule has 0 aliphatic rings. The second-order valence-corrected chi connectivity index (χ2v) is 4.43. The number of aryl methyl sites for hydroxylation is 2. The van der Waals surface area contributed by atoms with E-state index in [0.717, 1.165) is 11.1 Å². The maximum Gasteiger partial charge on any atom is 0.335 e. The Labute approximate surface area is 115 Å². The molecule has 0 fully saturated rings. The fourth-order valence-electron chi connectivity index (χ4n) is 1.93. The van der Waals surface area contributed by atoms with Gasteiger partial charge in [-0.2, -0.15) is 0 Å². The monoisotopic (exact) mass is 271 g/mol. The average molecular weight is 271 g/mol. The fraction of sp³-hybridized carbons (Fsp3) is 0.133. The minimum atomic E-state index is -0.942. The van der Waals surface area contributed by atoms with Crippen molar-refractivity contribution in [2.45, 2.75) is 12.8 Å². The van der Waals surface area contributed by atoms with Crippen LogP contribution >= 0.6 is 0 Å². The molecule has 0 unspecified atom stereocenters. The van der Waals surface area contributed by atoms with E-state index in [1.54, 1.807) is 30.3 Å². The summed E-state index contributed by atoms with van der Waals surface area (Å²) in [6.45, 7) is 0. The molecule has 0 saturated heterocycles. The molecule has 2 aromatic carbocycles. The van der Waals surface area contributed by atoms with E-state index >= 15 is 0 Å². The number of carbonyl (C=O) groups is 1. The van der Waals surface area contributed by atoms with E-state index in [1.165, 1.54) is 12.1 Å². The van der Waals surface area contributed by atoms with Crippen molar-refractivity contribution in [1.29, 1.82) is 0 Å². The SMILES string of the molecule is O=C(O)c1cccc(CCc2ccc([N+](=O)[O-])cc2)c1. The number of carboxylic acid groups (broad SMARTS) is 1. The predicted molar refractivity (Wildman–Crippen MR) is 73.9 cm³/mol.